The summed E-state index contributed by atoms with van der Waals surface area (Å²) < 4.78 is 0. The van der Waals surface area contributed by atoms with Crippen LogP contribution in [0.1, 0.15) is 5.56 Å². The molecule has 3 heteroatoms. The van der Waals surface area contributed by atoms with Crippen LogP contribution in [-0.2, 0) is 6.16 Å². The Kier molecular flexibility index (Phi) is 5.30. The number of hydrogen-bond acceptors (Lipinski definition) is 0. The van der Waals surface area contributed by atoms with Gasteiger partial charge in [0.2, 0.25) is 0 Å². The van der Waals surface area contributed by atoms with E-state index in [0.717, 1.165) is 11.2 Å². The van der Waals surface area contributed by atoms with Crippen molar-refractivity contribution in [3.05, 3.63) is 126 Å². The molecule has 0 aliphatic rings. The standard InChI is InChI=1S/C25H21Cl2P/c26-22-18-16-21(17-19-22)20-28(27,23-10-4-1-5-11-23,24-12-6-2-7-13-24)25-14-8-3-9-15-25/h1-19H,20H2. The van der Waals surface area contributed by atoms with E-state index < -0.39 is 5.96 Å². The second kappa shape index (κ2) is 7.72. The van der Waals surface area contributed by atoms with Crippen molar-refractivity contribution < 1.29 is 0 Å². The van der Waals surface area contributed by atoms with Gasteiger partial charge >= 0.3 is 177 Å². The molecular formula is C25H21Cl2P. The van der Waals surface area contributed by atoms with Gasteiger partial charge in [0.15, 0.2) is 0 Å². The maximum absolute atomic E-state index is 8.05. The molecule has 0 aliphatic carbocycles. The molecule has 0 saturated carbocycles. The van der Waals surface area contributed by atoms with E-state index in [9.17, 15) is 0 Å². The molecule has 0 aromatic heterocycles. The van der Waals surface area contributed by atoms with Gasteiger partial charge in [-0.3, -0.25) is 0 Å². The Morgan fingerprint density at radius 2 is 0.857 bits per heavy atom. The summed E-state index contributed by atoms with van der Waals surface area (Å²) >= 11 is 14.2. The fourth-order valence-electron chi connectivity index (χ4n) is 3.87. The van der Waals surface area contributed by atoms with Crippen molar-refractivity contribution in [3.8, 4) is 0 Å². The first-order valence-corrected chi connectivity index (χ1v) is 13.0. The Bertz CT molecular complexity index is 947. The van der Waals surface area contributed by atoms with Gasteiger partial charge in [0.25, 0.3) is 0 Å². The normalized spacial score (nSPS) is 12.9. The fourth-order valence-corrected chi connectivity index (χ4v) is 10.1. The van der Waals surface area contributed by atoms with Crippen LogP contribution >= 0.6 is 28.8 Å². The second-order valence-electron chi connectivity index (χ2n) is 6.97. The predicted molar refractivity (Wildman–Crippen MR) is 126 cm³/mol. The van der Waals surface area contributed by atoms with Crippen molar-refractivity contribution in [2.24, 2.45) is 0 Å². The monoisotopic (exact) mass is 422 g/mol. The molecule has 0 unspecified atom stereocenters. The van der Waals surface area contributed by atoms with E-state index in [1.807, 2.05) is 30.3 Å². The molecule has 0 bridgehead atoms. The third kappa shape index (κ3) is 3.27. The minimum atomic E-state index is -3.27. The molecule has 0 fully saturated rings. The molecule has 0 saturated heterocycles. The first kappa shape index (κ1) is 19.2. The second-order valence-corrected chi connectivity index (χ2v) is 13.9. The van der Waals surface area contributed by atoms with Gasteiger partial charge in [-0.05, 0) is 0 Å². The molecule has 0 spiro atoms. The van der Waals surface area contributed by atoms with Crippen LogP contribution in [0.25, 0.3) is 0 Å². The summed E-state index contributed by atoms with van der Waals surface area (Å²) in [6.07, 6.45) is 0.725. The minimum absolute atomic E-state index is 0.725. The van der Waals surface area contributed by atoms with Crippen molar-refractivity contribution in [1.82, 2.24) is 0 Å². The predicted octanol–water partition coefficient (Wildman–Crippen LogP) is 6.52. The van der Waals surface area contributed by atoms with Gasteiger partial charge in [-0.1, -0.05) is 0 Å². The first-order valence-electron chi connectivity index (χ1n) is 9.25. The number of hydrogen-bond donors (Lipinski definition) is 0. The van der Waals surface area contributed by atoms with E-state index in [4.69, 9.17) is 22.8 Å². The summed E-state index contributed by atoms with van der Waals surface area (Å²) in [7, 11) is 0. The molecule has 0 amide bonds. The summed E-state index contributed by atoms with van der Waals surface area (Å²) in [6.45, 7) is 0. The van der Waals surface area contributed by atoms with E-state index >= 15 is 0 Å². The molecule has 4 aromatic carbocycles. The van der Waals surface area contributed by atoms with Gasteiger partial charge in [0.05, 0.1) is 0 Å². The van der Waals surface area contributed by atoms with Gasteiger partial charge in [-0.25, -0.2) is 0 Å². The van der Waals surface area contributed by atoms with E-state index in [1.165, 1.54) is 21.5 Å². The van der Waals surface area contributed by atoms with E-state index in [0.29, 0.717) is 0 Å². The molecule has 0 nitrogen and oxygen atoms in total. The van der Waals surface area contributed by atoms with Gasteiger partial charge < -0.3 is 0 Å². The fraction of sp³-hybridized carbons (Fsp3) is 0.0400. The zero-order valence-electron chi connectivity index (χ0n) is 15.4. The van der Waals surface area contributed by atoms with Crippen LogP contribution in [0, 0.1) is 0 Å². The Hall–Kier alpha value is -2.11. The summed E-state index contributed by atoms with van der Waals surface area (Å²) in [5.74, 6) is -3.27. The van der Waals surface area contributed by atoms with Crippen LogP contribution < -0.4 is 15.9 Å². The number of benzene rings is 4. The Morgan fingerprint density at radius 1 is 0.500 bits per heavy atom. The van der Waals surface area contributed by atoms with E-state index in [-0.39, 0.29) is 0 Å². The van der Waals surface area contributed by atoms with Gasteiger partial charge in [-0.2, -0.15) is 0 Å². The molecule has 0 radical (unpaired) electrons. The van der Waals surface area contributed by atoms with E-state index in [2.05, 4.69) is 84.9 Å². The summed E-state index contributed by atoms with van der Waals surface area (Å²) in [5.41, 5.74) is 1.17. The van der Waals surface area contributed by atoms with Crippen LogP contribution in [0.3, 0.4) is 0 Å². The van der Waals surface area contributed by atoms with Crippen LogP contribution in [0.5, 0.6) is 0 Å². The van der Waals surface area contributed by atoms with Crippen molar-refractivity contribution in [3.63, 3.8) is 0 Å². The van der Waals surface area contributed by atoms with Crippen LogP contribution in [0.4, 0.5) is 0 Å². The molecule has 4 aromatic rings. The number of rotatable bonds is 5. The summed E-state index contributed by atoms with van der Waals surface area (Å²) in [6, 6.07) is 39.6. The van der Waals surface area contributed by atoms with Gasteiger partial charge in [0, 0.05) is 0 Å². The van der Waals surface area contributed by atoms with Gasteiger partial charge in [0.1, 0.15) is 0 Å². The molecule has 28 heavy (non-hydrogen) atoms. The van der Waals surface area contributed by atoms with Crippen molar-refractivity contribution in [2.45, 2.75) is 6.16 Å². The molecule has 0 heterocycles. The van der Waals surface area contributed by atoms with Crippen molar-refractivity contribution in [2.75, 3.05) is 0 Å². The van der Waals surface area contributed by atoms with Crippen molar-refractivity contribution in [1.29, 1.82) is 0 Å². The number of halogens is 2. The quantitative estimate of drug-likeness (QED) is 0.321. The summed E-state index contributed by atoms with van der Waals surface area (Å²) in [5, 5.41) is 4.24. The summed E-state index contributed by atoms with van der Waals surface area (Å²) in [4.78, 5) is 0. The molecule has 0 N–H and O–H groups in total. The molecule has 0 atom stereocenters. The molecule has 4 rings (SSSR count). The molecule has 140 valence electrons. The zero-order chi connectivity index (χ0) is 19.5. The van der Waals surface area contributed by atoms with Crippen LogP contribution in [0.2, 0.25) is 5.02 Å². The van der Waals surface area contributed by atoms with Crippen LogP contribution in [0.15, 0.2) is 115 Å². The molecule has 0 aliphatic heterocycles. The molecular weight excluding hydrogens is 402 g/mol. The third-order valence-corrected chi connectivity index (χ3v) is 12.7. The average Bonchev–Trinajstić information content (AvgIpc) is 2.77. The SMILES string of the molecule is Clc1ccc(CP(Cl)(c2ccccc2)(c2ccccc2)c2ccccc2)cc1. The van der Waals surface area contributed by atoms with Gasteiger partial charge in [-0.15, -0.1) is 0 Å². The third-order valence-electron chi connectivity index (χ3n) is 5.28. The maximum atomic E-state index is 8.05. The van der Waals surface area contributed by atoms with E-state index in [1.54, 1.807) is 0 Å². The van der Waals surface area contributed by atoms with Crippen molar-refractivity contribution >= 4 is 44.7 Å². The Morgan fingerprint density at radius 3 is 1.21 bits per heavy atom. The Balaban J connectivity index is 2.07. The van der Waals surface area contributed by atoms with Crippen LogP contribution in [-0.4, -0.2) is 0 Å². The zero-order valence-corrected chi connectivity index (χ0v) is 17.8. The average molecular weight is 423 g/mol. The first-order chi connectivity index (χ1) is 13.6. The Labute approximate surface area is 176 Å². The topological polar surface area (TPSA) is 0 Å².